The molecule has 7 heteroatoms. The van der Waals surface area contributed by atoms with Gasteiger partial charge in [0.2, 0.25) is 5.88 Å². The van der Waals surface area contributed by atoms with Gasteiger partial charge in [-0.05, 0) is 44.2 Å². The van der Waals surface area contributed by atoms with Gasteiger partial charge in [0.15, 0.2) is 0 Å². The minimum atomic E-state index is -0.492. The van der Waals surface area contributed by atoms with Gasteiger partial charge in [0.05, 0.1) is 10.6 Å². The smallest absolute Gasteiger partial charge is 0.258 e. The van der Waals surface area contributed by atoms with Crippen LogP contribution in [0.4, 0.5) is 10.2 Å². The number of carbonyl (C=O) groups excluding carboxylic acids is 1. The molecule has 1 N–H and O–H groups in total. The van der Waals surface area contributed by atoms with E-state index in [1.165, 1.54) is 12.1 Å². The van der Waals surface area contributed by atoms with Crippen LogP contribution in [0.15, 0.2) is 36.4 Å². The molecule has 0 spiro atoms. The van der Waals surface area contributed by atoms with E-state index in [0.717, 1.165) is 32.0 Å². The van der Waals surface area contributed by atoms with E-state index in [4.69, 9.17) is 16.3 Å². The fourth-order valence-electron chi connectivity index (χ4n) is 2.68. The van der Waals surface area contributed by atoms with Gasteiger partial charge in [0.1, 0.15) is 17.7 Å². The van der Waals surface area contributed by atoms with Gasteiger partial charge in [-0.1, -0.05) is 17.7 Å². The lowest BCUT2D eigenvalue weighted by Crippen LogP contribution is -2.35. The minimum absolute atomic E-state index is 0.0521. The average Bonchev–Trinajstić information content (AvgIpc) is 2.57. The summed E-state index contributed by atoms with van der Waals surface area (Å²) in [5, 5.41) is 2.71. The van der Waals surface area contributed by atoms with Gasteiger partial charge in [0.25, 0.3) is 5.91 Å². The summed E-state index contributed by atoms with van der Waals surface area (Å²) in [5.74, 6) is -0.115. The van der Waals surface area contributed by atoms with E-state index in [-0.39, 0.29) is 16.7 Å². The molecule has 1 saturated heterocycles. The second kappa shape index (κ2) is 7.80. The highest BCUT2D eigenvalue weighted by Crippen LogP contribution is 2.21. The van der Waals surface area contributed by atoms with Crippen LogP contribution in [0.3, 0.4) is 0 Å². The summed E-state index contributed by atoms with van der Waals surface area (Å²) in [6.07, 6.45) is 2.01. The highest BCUT2D eigenvalue weighted by Gasteiger charge is 2.19. The van der Waals surface area contributed by atoms with Crippen molar-refractivity contribution in [1.29, 1.82) is 0 Å². The van der Waals surface area contributed by atoms with Crippen molar-refractivity contribution < 1.29 is 13.9 Å². The van der Waals surface area contributed by atoms with Gasteiger partial charge in [0, 0.05) is 19.2 Å². The van der Waals surface area contributed by atoms with E-state index in [1.807, 2.05) is 0 Å². The number of hydrogen-bond acceptors (Lipinski definition) is 4. The molecule has 0 saturated carbocycles. The Morgan fingerprint density at radius 3 is 2.80 bits per heavy atom. The molecule has 3 rings (SSSR count). The summed E-state index contributed by atoms with van der Waals surface area (Å²) in [6, 6.07) is 8.82. The Morgan fingerprint density at radius 1 is 1.32 bits per heavy atom. The number of pyridine rings is 1. The van der Waals surface area contributed by atoms with Crippen molar-refractivity contribution in [1.82, 2.24) is 9.88 Å². The normalized spacial score (nSPS) is 15.8. The molecular formula is C18H19ClFN3O2. The van der Waals surface area contributed by atoms with Crippen molar-refractivity contribution in [3.63, 3.8) is 0 Å². The van der Waals surface area contributed by atoms with E-state index in [9.17, 15) is 9.18 Å². The van der Waals surface area contributed by atoms with E-state index in [1.54, 1.807) is 18.2 Å². The summed E-state index contributed by atoms with van der Waals surface area (Å²) in [5.41, 5.74) is 0.187. The molecule has 0 unspecified atom stereocenters. The molecule has 25 heavy (non-hydrogen) atoms. The zero-order valence-corrected chi connectivity index (χ0v) is 14.6. The van der Waals surface area contributed by atoms with Crippen LogP contribution in [0.2, 0.25) is 5.02 Å². The lowest BCUT2D eigenvalue weighted by Gasteiger charge is -2.28. The molecule has 0 radical (unpaired) electrons. The SMILES string of the molecule is CN1CCC(Oc2cccc(NC(=O)c3ccc(F)cc3Cl)n2)CC1. The molecule has 1 aromatic heterocycles. The number of hydrogen-bond donors (Lipinski definition) is 1. The Morgan fingerprint density at radius 2 is 2.08 bits per heavy atom. The molecule has 1 fully saturated rings. The monoisotopic (exact) mass is 363 g/mol. The van der Waals surface area contributed by atoms with Crippen LogP contribution in [0.25, 0.3) is 0 Å². The summed E-state index contributed by atoms with van der Waals surface area (Å²) in [6.45, 7) is 1.98. The summed E-state index contributed by atoms with van der Waals surface area (Å²) < 4.78 is 19.0. The van der Waals surface area contributed by atoms with Gasteiger partial charge in [-0.25, -0.2) is 4.39 Å². The molecule has 2 aromatic rings. The van der Waals surface area contributed by atoms with Crippen LogP contribution in [-0.2, 0) is 0 Å². The summed E-state index contributed by atoms with van der Waals surface area (Å²) in [4.78, 5) is 18.9. The zero-order chi connectivity index (χ0) is 17.8. The van der Waals surface area contributed by atoms with Crippen LogP contribution in [0.1, 0.15) is 23.2 Å². The van der Waals surface area contributed by atoms with Gasteiger partial charge in [-0.2, -0.15) is 4.98 Å². The van der Waals surface area contributed by atoms with Crippen molar-refractivity contribution in [2.75, 3.05) is 25.5 Å². The molecule has 132 valence electrons. The van der Waals surface area contributed by atoms with Crippen molar-refractivity contribution in [3.05, 3.63) is 52.8 Å². The van der Waals surface area contributed by atoms with Crippen LogP contribution in [0.5, 0.6) is 5.88 Å². The largest absolute Gasteiger partial charge is 0.474 e. The Balaban J connectivity index is 1.66. The standard InChI is InChI=1S/C18H19ClFN3O2/c1-23-9-7-13(8-10-23)25-17-4-2-3-16(21-17)22-18(24)14-6-5-12(20)11-15(14)19/h2-6,11,13H,7-10H2,1H3,(H,21,22,24). The maximum absolute atomic E-state index is 13.1. The number of likely N-dealkylation sites (tertiary alicyclic amines) is 1. The molecule has 0 atom stereocenters. The fraction of sp³-hybridized carbons (Fsp3) is 0.333. The second-order valence-electron chi connectivity index (χ2n) is 6.06. The van der Waals surface area contributed by atoms with Crippen molar-refractivity contribution in [3.8, 4) is 5.88 Å². The minimum Gasteiger partial charge on any atom is -0.474 e. The number of anilines is 1. The number of halogens is 2. The lowest BCUT2D eigenvalue weighted by molar-refractivity contribution is 0.102. The molecule has 5 nitrogen and oxygen atoms in total. The van der Waals surface area contributed by atoms with Gasteiger partial charge >= 0.3 is 0 Å². The molecule has 1 aliphatic heterocycles. The lowest BCUT2D eigenvalue weighted by atomic mass is 10.1. The molecule has 2 heterocycles. The van der Waals surface area contributed by atoms with Crippen LogP contribution in [-0.4, -0.2) is 42.0 Å². The third-order valence-electron chi connectivity index (χ3n) is 4.09. The summed E-state index contributed by atoms with van der Waals surface area (Å²) in [7, 11) is 2.09. The number of nitrogens with one attached hydrogen (secondary N) is 1. The topological polar surface area (TPSA) is 54.5 Å². The zero-order valence-electron chi connectivity index (χ0n) is 13.8. The fourth-order valence-corrected chi connectivity index (χ4v) is 2.93. The highest BCUT2D eigenvalue weighted by molar-refractivity contribution is 6.34. The second-order valence-corrected chi connectivity index (χ2v) is 6.47. The average molecular weight is 364 g/mol. The quantitative estimate of drug-likeness (QED) is 0.901. The number of aromatic nitrogens is 1. The number of carbonyl (C=O) groups is 1. The maximum atomic E-state index is 13.1. The number of nitrogens with zero attached hydrogens (tertiary/aromatic N) is 2. The maximum Gasteiger partial charge on any atom is 0.258 e. The molecule has 0 bridgehead atoms. The summed E-state index contributed by atoms with van der Waals surface area (Å²) >= 11 is 5.91. The van der Waals surface area contributed by atoms with Crippen molar-refractivity contribution in [2.45, 2.75) is 18.9 Å². The molecule has 0 aliphatic carbocycles. The van der Waals surface area contributed by atoms with Crippen LogP contribution < -0.4 is 10.1 Å². The van der Waals surface area contributed by atoms with E-state index >= 15 is 0 Å². The van der Waals surface area contributed by atoms with Crippen molar-refractivity contribution in [2.24, 2.45) is 0 Å². The van der Waals surface area contributed by atoms with Crippen molar-refractivity contribution >= 4 is 23.3 Å². The molecule has 1 aromatic carbocycles. The number of ether oxygens (including phenoxy) is 1. The third-order valence-corrected chi connectivity index (χ3v) is 4.41. The third kappa shape index (κ3) is 4.67. The Labute approximate surface area is 150 Å². The van der Waals surface area contributed by atoms with Gasteiger partial charge in [-0.15, -0.1) is 0 Å². The van der Waals surface area contributed by atoms with E-state index in [0.29, 0.717) is 11.7 Å². The molecular weight excluding hydrogens is 345 g/mol. The number of amides is 1. The van der Waals surface area contributed by atoms with Crippen LogP contribution >= 0.6 is 11.6 Å². The number of piperidine rings is 1. The Bertz CT molecular complexity index is 764. The van der Waals surface area contributed by atoms with Gasteiger partial charge < -0.3 is 15.0 Å². The van der Waals surface area contributed by atoms with E-state index in [2.05, 4.69) is 22.2 Å². The number of benzene rings is 1. The predicted molar refractivity (Wildman–Crippen MR) is 94.7 cm³/mol. The molecule has 1 aliphatic rings. The molecule has 1 amide bonds. The Hall–Kier alpha value is -2.18. The number of rotatable bonds is 4. The Kier molecular flexibility index (Phi) is 5.50. The first kappa shape index (κ1) is 17.6. The van der Waals surface area contributed by atoms with Gasteiger partial charge in [-0.3, -0.25) is 4.79 Å². The highest BCUT2D eigenvalue weighted by atomic mass is 35.5. The predicted octanol–water partition coefficient (Wildman–Crippen LogP) is 3.60. The van der Waals surface area contributed by atoms with E-state index < -0.39 is 11.7 Å². The van der Waals surface area contributed by atoms with Crippen LogP contribution in [0, 0.1) is 5.82 Å². The first-order valence-electron chi connectivity index (χ1n) is 8.10. The first-order chi connectivity index (χ1) is 12.0. The first-order valence-corrected chi connectivity index (χ1v) is 8.48.